The average molecular weight is 327 g/mol. The number of aliphatic imine (C=N–C) groups is 2. The van der Waals surface area contributed by atoms with Gasteiger partial charge < -0.3 is 17.2 Å². The molecule has 5 nitrogen and oxygen atoms in total. The molecule has 9 heteroatoms. The molecule has 0 radical (unpaired) electrons. The Morgan fingerprint density at radius 3 is 2.41 bits per heavy atom. The highest BCUT2D eigenvalue weighted by atomic mass is 79.9. The average Bonchev–Trinajstić information content (AvgIpc) is 2.20. The fourth-order valence-electron chi connectivity index (χ4n) is 0.931. The van der Waals surface area contributed by atoms with Gasteiger partial charge in [0.25, 0.3) is 0 Å². The van der Waals surface area contributed by atoms with Gasteiger partial charge >= 0.3 is 0 Å². The third-order valence-electron chi connectivity index (χ3n) is 1.56. The number of benzene rings is 1. The SMILES string of the molecule is NC(N)=NC(N)=Nc1c(Br)cc(F)c(F)c1Cl. The van der Waals surface area contributed by atoms with E-state index in [-0.39, 0.29) is 22.1 Å². The zero-order chi connectivity index (χ0) is 13.2. The van der Waals surface area contributed by atoms with Crippen molar-refractivity contribution in [3.8, 4) is 0 Å². The van der Waals surface area contributed by atoms with Crippen LogP contribution in [0.1, 0.15) is 0 Å². The van der Waals surface area contributed by atoms with Crippen molar-refractivity contribution >= 4 is 45.1 Å². The first-order valence-corrected chi connectivity index (χ1v) is 5.26. The first kappa shape index (κ1) is 13.7. The Hall–Kier alpha value is -1.41. The van der Waals surface area contributed by atoms with Crippen molar-refractivity contribution in [1.82, 2.24) is 0 Å². The van der Waals surface area contributed by atoms with Gasteiger partial charge in [-0.25, -0.2) is 13.8 Å². The summed E-state index contributed by atoms with van der Waals surface area (Å²) in [6.07, 6.45) is 0. The fraction of sp³-hybridized carbons (Fsp3) is 0. The molecule has 0 atom stereocenters. The molecular formula is C8H7BrClF2N5. The number of rotatable bonds is 1. The molecule has 0 unspecified atom stereocenters. The van der Waals surface area contributed by atoms with Crippen LogP contribution in [-0.4, -0.2) is 11.9 Å². The summed E-state index contributed by atoms with van der Waals surface area (Å²) in [6, 6.07) is 0.864. The van der Waals surface area contributed by atoms with Crippen molar-refractivity contribution in [1.29, 1.82) is 0 Å². The third-order valence-corrected chi connectivity index (χ3v) is 2.51. The van der Waals surface area contributed by atoms with E-state index in [9.17, 15) is 8.78 Å². The molecule has 17 heavy (non-hydrogen) atoms. The molecule has 0 aromatic heterocycles. The highest BCUT2D eigenvalue weighted by molar-refractivity contribution is 9.10. The van der Waals surface area contributed by atoms with E-state index in [1.54, 1.807) is 0 Å². The predicted octanol–water partition coefficient (Wildman–Crippen LogP) is 1.60. The van der Waals surface area contributed by atoms with Gasteiger partial charge in [0, 0.05) is 4.47 Å². The molecule has 0 fully saturated rings. The van der Waals surface area contributed by atoms with E-state index in [2.05, 4.69) is 25.9 Å². The van der Waals surface area contributed by atoms with E-state index in [0.717, 1.165) is 6.07 Å². The lowest BCUT2D eigenvalue weighted by atomic mass is 10.3. The van der Waals surface area contributed by atoms with Crippen LogP contribution in [0.2, 0.25) is 5.02 Å². The van der Waals surface area contributed by atoms with Gasteiger partial charge in [-0.3, -0.25) is 0 Å². The Morgan fingerprint density at radius 2 is 1.88 bits per heavy atom. The number of hydrogen-bond acceptors (Lipinski definition) is 1. The molecule has 0 aliphatic carbocycles. The quantitative estimate of drug-likeness (QED) is 0.316. The largest absolute Gasteiger partial charge is 0.370 e. The van der Waals surface area contributed by atoms with Crippen LogP contribution >= 0.6 is 27.5 Å². The Balaban J connectivity index is 3.34. The van der Waals surface area contributed by atoms with Crippen molar-refractivity contribution in [2.75, 3.05) is 0 Å². The number of nitrogens with zero attached hydrogens (tertiary/aromatic N) is 2. The lowest BCUT2D eigenvalue weighted by Gasteiger charge is -2.04. The van der Waals surface area contributed by atoms with E-state index in [4.69, 9.17) is 28.8 Å². The van der Waals surface area contributed by atoms with E-state index >= 15 is 0 Å². The van der Waals surface area contributed by atoms with Crippen LogP contribution in [0, 0.1) is 11.6 Å². The second-order valence-electron chi connectivity index (χ2n) is 2.82. The number of halogens is 4. The van der Waals surface area contributed by atoms with Gasteiger partial charge in [-0.1, -0.05) is 11.6 Å². The van der Waals surface area contributed by atoms with Crippen molar-refractivity contribution in [3.63, 3.8) is 0 Å². The molecule has 1 rings (SSSR count). The third kappa shape index (κ3) is 3.27. The van der Waals surface area contributed by atoms with Gasteiger partial charge in [-0.2, -0.15) is 4.99 Å². The molecule has 0 aliphatic rings. The van der Waals surface area contributed by atoms with Crippen LogP contribution in [-0.2, 0) is 0 Å². The van der Waals surface area contributed by atoms with Gasteiger partial charge in [0.15, 0.2) is 17.6 Å². The maximum atomic E-state index is 13.2. The zero-order valence-electron chi connectivity index (χ0n) is 8.22. The van der Waals surface area contributed by atoms with Crippen LogP contribution in [0.4, 0.5) is 14.5 Å². The lowest BCUT2D eigenvalue weighted by molar-refractivity contribution is 0.508. The summed E-state index contributed by atoms with van der Waals surface area (Å²) in [4.78, 5) is 7.07. The maximum absolute atomic E-state index is 13.2. The molecule has 0 bridgehead atoms. The summed E-state index contributed by atoms with van der Waals surface area (Å²) >= 11 is 8.53. The van der Waals surface area contributed by atoms with Gasteiger partial charge in [-0.05, 0) is 22.0 Å². The molecule has 0 aliphatic heterocycles. The molecule has 1 aromatic carbocycles. The molecule has 0 heterocycles. The maximum Gasteiger partial charge on any atom is 0.223 e. The van der Waals surface area contributed by atoms with E-state index < -0.39 is 16.7 Å². The summed E-state index contributed by atoms with van der Waals surface area (Å²) in [7, 11) is 0. The van der Waals surface area contributed by atoms with Crippen LogP contribution in [0.25, 0.3) is 0 Å². The fourth-order valence-corrected chi connectivity index (χ4v) is 1.77. The normalized spacial score (nSPS) is 11.4. The predicted molar refractivity (Wildman–Crippen MR) is 66.2 cm³/mol. The summed E-state index contributed by atoms with van der Waals surface area (Å²) in [5, 5.41) is -0.523. The molecule has 0 saturated carbocycles. The van der Waals surface area contributed by atoms with Crippen molar-refractivity contribution in [2.45, 2.75) is 0 Å². The highest BCUT2D eigenvalue weighted by Crippen LogP contribution is 2.36. The summed E-state index contributed by atoms with van der Waals surface area (Å²) in [6.45, 7) is 0. The highest BCUT2D eigenvalue weighted by Gasteiger charge is 2.15. The minimum Gasteiger partial charge on any atom is -0.370 e. The van der Waals surface area contributed by atoms with Crippen LogP contribution in [0.5, 0.6) is 0 Å². The minimum absolute atomic E-state index is 0.104. The lowest BCUT2D eigenvalue weighted by Crippen LogP contribution is -2.26. The molecule has 92 valence electrons. The first-order valence-electron chi connectivity index (χ1n) is 4.09. The molecule has 0 saturated heterocycles. The Labute approximate surface area is 108 Å². The van der Waals surface area contributed by atoms with Gasteiger partial charge in [0.1, 0.15) is 10.7 Å². The Bertz CT molecular complexity index is 513. The molecule has 0 amide bonds. The molecule has 1 aromatic rings. The van der Waals surface area contributed by atoms with Crippen molar-refractivity contribution < 1.29 is 8.78 Å². The molecule has 6 N–H and O–H groups in total. The molecule has 0 spiro atoms. The monoisotopic (exact) mass is 325 g/mol. The Kier molecular flexibility index (Phi) is 4.24. The second-order valence-corrected chi connectivity index (χ2v) is 4.06. The van der Waals surface area contributed by atoms with Crippen LogP contribution < -0.4 is 17.2 Å². The van der Waals surface area contributed by atoms with Gasteiger partial charge in [0.05, 0.1) is 0 Å². The first-order chi connectivity index (χ1) is 7.82. The van der Waals surface area contributed by atoms with Crippen molar-refractivity contribution in [2.24, 2.45) is 27.2 Å². The Morgan fingerprint density at radius 1 is 1.29 bits per heavy atom. The smallest absolute Gasteiger partial charge is 0.223 e. The van der Waals surface area contributed by atoms with Crippen LogP contribution in [0.3, 0.4) is 0 Å². The number of nitrogens with two attached hydrogens (primary N) is 3. The summed E-state index contributed by atoms with van der Waals surface area (Å²) < 4.78 is 26.2. The second kappa shape index (κ2) is 5.28. The summed E-state index contributed by atoms with van der Waals surface area (Å²) in [5.41, 5.74) is 15.4. The molecular weight excluding hydrogens is 319 g/mol. The van der Waals surface area contributed by atoms with Gasteiger partial charge in [0.2, 0.25) is 5.96 Å². The minimum atomic E-state index is -1.23. The van der Waals surface area contributed by atoms with E-state index in [1.165, 1.54) is 0 Å². The number of hydrogen-bond donors (Lipinski definition) is 3. The number of guanidine groups is 2. The van der Waals surface area contributed by atoms with Gasteiger partial charge in [-0.15, -0.1) is 0 Å². The van der Waals surface area contributed by atoms with E-state index in [0.29, 0.717) is 0 Å². The summed E-state index contributed by atoms with van der Waals surface area (Å²) in [5.74, 6) is -2.99. The van der Waals surface area contributed by atoms with Crippen molar-refractivity contribution in [3.05, 3.63) is 27.2 Å². The standard InChI is InChI=1S/C8H7BrClF2N5/c9-2-1-3(11)5(12)4(10)6(2)16-8(15)17-7(13)14/h1H,(H6,13,14,15,16,17). The van der Waals surface area contributed by atoms with Crippen LogP contribution in [0.15, 0.2) is 20.5 Å². The topological polar surface area (TPSA) is 103 Å². The zero-order valence-corrected chi connectivity index (χ0v) is 10.6. The van der Waals surface area contributed by atoms with E-state index in [1.807, 2.05) is 0 Å².